The fourth-order valence-electron chi connectivity index (χ4n) is 2.32. The number of nitrogens with zero attached hydrogens (tertiary/aromatic N) is 1. The van der Waals surface area contributed by atoms with Gasteiger partial charge in [0.05, 0.1) is 10.6 Å². The van der Waals surface area contributed by atoms with Gasteiger partial charge in [-0.2, -0.15) is 5.26 Å². The number of fused-ring (bicyclic) bond motifs is 1. The van der Waals surface area contributed by atoms with Crippen LogP contribution in [0.1, 0.15) is 11.3 Å². The predicted molar refractivity (Wildman–Crippen MR) is 89.0 cm³/mol. The van der Waals surface area contributed by atoms with Crippen molar-refractivity contribution >= 4 is 28.2 Å². The summed E-state index contributed by atoms with van der Waals surface area (Å²) >= 11 is 1.45. The molecular weight excluding hydrogens is 294 g/mol. The fourth-order valence-corrected chi connectivity index (χ4v) is 3.29. The number of aromatic nitrogens is 1. The Morgan fingerprint density at radius 3 is 2.64 bits per heavy atom. The fraction of sp³-hybridized carbons (Fsp3) is 0.0588. The number of hydrogen-bond acceptors (Lipinski definition) is 4. The molecule has 2 aromatic carbocycles. The van der Waals surface area contributed by atoms with E-state index in [1.54, 1.807) is 6.92 Å². The highest BCUT2D eigenvalue weighted by Gasteiger charge is 2.14. The third-order valence-corrected chi connectivity index (χ3v) is 4.66. The van der Waals surface area contributed by atoms with Gasteiger partial charge in [-0.05, 0) is 29.8 Å². The lowest BCUT2D eigenvalue weighted by molar-refractivity contribution is 1.06. The minimum absolute atomic E-state index is 0.0334. The normalized spacial score (nSPS) is 10.5. The maximum atomic E-state index is 11.7. The molecule has 0 radical (unpaired) electrons. The SMILES string of the molecule is Cc1[nH]c(=O)c(C#N)c(N)c1Sc1ccc2ccccc2c1. The van der Waals surface area contributed by atoms with Crippen LogP contribution in [0.4, 0.5) is 5.69 Å². The maximum Gasteiger partial charge on any atom is 0.268 e. The van der Waals surface area contributed by atoms with E-state index in [0.29, 0.717) is 10.6 Å². The van der Waals surface area contributed by atoms with E-state index in [0.717, 1.165) is 15.7 Å². The van der Waals surface area contributed by atoms with E-state index in [-0.39, 0.29) is 11.3 Å². The first-order valence-corrected chi connectivity index (χ1v) is 7.51. The summed E-state index contributed by atoms with van der Waals surface area (Å²) in [5.41, 5.74) is 6.42. The third kappa shape index (κ3) is 2.45. The van der Waals surface area contributed by atoms with Crippen molar-refractivity contribution in [2.24, 2.45) is 0 Å². The number of hydrogen-bond donors (Lipinski definition) is 2. The van der Waals surface area contributed by atoms with Crippen LogP contribution >= 0.6 is 11.8 Å². The minimum atomic E-state index is -0.444. The van der Waals surface area contributed by atoms with E-state index < -0.39 is 5.56 Å². The van der Waals surface area contributed by atoms with Crippen LogP contribution in [-0.4, -0.2) is 4.98 Å². The Morgan fingerprint density at radius 2 is 1.91 bits per heavy atom. The molecule has 0 saturated carbocycles. The highest BCUT2D eigenvalue weighted by Crippen LogP contribution is 2.35. The van der Waals surface area contributed by atoms with Crippen molar-refractivity contribution < 1.29 is 0 Å². The van der Waals surface area contributed by atoms with Gasteiger partial charge in [0.2, 0.25) is 0 Å². The van der Waals surface area contributed by atoms with Gasteiger partial charge in [-0.25, -0.2) is 0 Å². The molecule has 3 aromatic rings. The molecule has 0 fully saturated rings. The average molecular weight is 307 g/mol. The molecule has 3 rings (SSSR count). The van der Waals surface area contributed by atoms with Gasteiger partial charge < -0.3 is 10.7 Å². The number of aromatic amines is 1. The predicted octanol–water partition coefficient (Wildman–Crippen LogP) is 3.44. The van der Waals surface area contributed by atoms with Gasteiger partial charge in [0.15, 0.2) is 0 Å². The molecule has 4 nitrogen and oxygen atoms in total. The van der Waals surface area contributed by atoms with Crippen molar-refractivity contribution in [3.8, 4) is 6.07 Å². The molecule has 0 amide bonds. The number of pyridine rings is 1. The maximum absolute atomic E-state index is 11.7. The van der Waals surface area contributed by atoms with Crippen molar-refractivity contribution in [1.82, 2.24) is 4.98 Å². The molecule has 0 spiro atoms. The Bertz CT molecular complexity index is 970. The van der Waals surface area contributed by atoms with Crippen LogP contribution in [0.2, 0.25) is 0 Å². The number of nitrogen functional groups attached to an aromatic ring is 1. The first-order valence-electron chi connectivity index (χ1n) is 6.69. The number of H-pyrrole nitrogens is 1. The first kappa shape index (κ1) is 14.2. The van der Waals surface area contributed by atoms with Crippen LogP contribution in [0.15, 0.2) is 57.1 Å². The molecular formula is C17H13N3OS. The summed E-state index contributed by atoms with van der Waals surface area (Å²) in [4.78, 5) is 16.1. The quantitative estimate of drug-likeness (QED) is 0.759. The topological polar surface area (TPSA) is 82.7 Å². The summed E-state index contributed by atoms with van der Waals surface area (Å²) in [6.07, 6.45) is 0. The van der Waals surface area contributed by atoms with Crippen molar-refractivity contribution in [2.75, 3.05) is 5.73 Å². The Kier molecular flexibility index (Phi) is 3.61. The molecule has 3 N–H and O–H groups in total. The molecule has 108 valence electrons. The molecule has 0 aliphatic heterocycles. The summed E-state index contributed by atoms with van der Waals surface area (Å²) in [7, 11) is 0. The molecule has 1 aromatic heterocycles. The molecule has 0 aliphatic carbocycles. The van der Waals surface area contributed by atoms with E-state index in [1.165, 1.54) is 11.8 Å². The third-order valence-electron chi connectivity index (χ3n) is 3.44. The zero-order valence-electron chi connectivity index (χ0n) is 11.9. The largest absolute Gasteiger partial charge is 0.397 e. The molecule has 22 heavy (non-hydrogen) atoms. The highest BCUT2D eigenvalue weighted by molar-refractivity contribution is 7.99. The Morgan fingerprint density at radius 1 is 1.18 bits per heavy atom. The van der Waals surface area contributed by atoms with Crippen molar-refractivity contribution in [3.05, 3.63) is 64.1 Å². The minimum Gasteiger partial charge on any atom is -0.397 e. The Labute approximate surface area is 131 Å². The standard InChI is InChI=1S/C17H13N3OS/c1-10-16(15(19)14(9-18)17(21)20-10)22-13-7-6-11-4-2-3-5-12(11)8-13/h2-8H,1H3,(H3,19,20,21). The van der Waals surface area contributed by atoms with Crippen molar-refractivity contribution in [1.29, 1.82) is 5.26 Å². The number of nitriles is 1. The number of anilines is 1. The number of aryl methyl sites for hydroxylation is 1. The molecule has 0 saturated heterocycles. The lowest BCUT2D eigenvalue weighted by atomic mass is 10.1. The summed E-state index contributed by atoms with van der Waals surface area (Å²) in [6.45, 7) is 1.78. The Balaban J connectivity index is 2.09. The van der Waals surface area contributed by atoms with E-state index >= 15 is 0 Å². The number of rotatable bonds is 2. The second-order valence-corrected chi connectivity index (χ2v) is 6.00. The van der Waals surface area contributed by atoms with Crippen LogP contribution in [0.25, 0.3) is 10.8 Å². The van der Waals surface area contributed by atoms with Gasteiger partial charge in [0.25, 0.3) is 5.56 Å². The van der Waals surface area contributed by atoms with Crippen LogP contribution in [0, 0.1) is 18.3 Å². The van der Waals surface area contributed by atoms with Gasteiger partial charge in [0, 0.05) is 10.6 Å². The molecule has 0 aliphatic rings. The van der Waals surface area contributed by atoms with E-state index in [1.807, 2.05) is 36.4 Å². The van der Waals surface area contributed by atoms with Crippen LogP contribution in [0.3, 0.4) is 0 Å². The van der Waals surface area contributed by atoms with Crippen molar-refractivity contribution in [2.45, 2.75) is 16.7 Å². The molecule has 1 heterocycles. The van der Waals surface area contributed by atoms with E-state index in [2.05, 4.69) is 17.1 Å². The van der Waals surface area contributed by atoms with Crippen LogP contribution < -0.4 is 11.3 Å². The zero-order valence-corrected chi connectivity index (χ0v) is 12.7. The lowest BCUT2D eigenvalue weighted by Gasteiger charge is -2.10. The molecule has 0 bridgehead atoms. The number of nitrogens with two attached hydrogens (primary N) is 1. The monoisotopic (exact) mass is 307 g/mol. The molecule has 5 heteroatoms. The summed E-state index contributed by atoms with van der Waals surface area (Å²) in [5.74, 6) is 0. The molecule has 0 atom stereocenters. The van der Waals surface area contributed by atoms with Crippen molar-refractivity contribution in [3.63, 3.8) is 0 Å². The van der Waals surface area contributed by atoms with E-state index in [9.17, 15) is 4.79 Å². The highest BCUT2D eigenvalue weighted by atomic mass is 32.2. The van der Waals surface area contributed by atoms with E-state index in [4.69, 9.17) is 11.0 Å². The van der Waals surface area contributed by atoms with Gasteiger partial charge in [-0.3, -0.25) is 4.79 Å². The first-order chi connectivity index (χ1) is 10.6. The average Bonchev–Trinajstić information content (AvgIpc) is 2.51. The smallest absolute Gasteiger partial charge is 0.268 e. The van der Waals surface area contributed by atoms with Gasteiger partial charge in [-0.15, -0.1) is 0 Å². The second-order valence-electron chi connectivity index (χ2n) is 4.92. The van der Waals surface area contributed by atoms with Crippen LogP contribution in [0.5, 0.6) is 0 Å². The summed E-state index contributed by atoms with van der Waals surface area (Å²) < 4.78 is 0. The molecule has 0 unspecified atom stereocenters. The second kappa shape index (κ2) is 5.58. The zero-order chi connectivity index (χ0) is 15.7. The van der Waals surface area contributed by atoms with Gasteiger partial charge in [-0.1, -0.05) is 42.1 Å². The van der Waals surface area contributed by atoms with Gasteiger partial charge in [0.1, 0.15) is 11.6 Å². The number of benzene rings is 2. The van der Waals surface area contributed by atoms with Gasteiger partial charge >= 0.3 is 0 Å². The lowest BCUT2D eigenvalue weighted by Crippen LogP contribution is -2.15. The van der Waals surface area contributed by atoms with Crippen LogP contribution in [-0.2, 0) is 0 Å². The summed E-state index contributed by atoms with van der Waals surface area (Å²) in [5, 5.41) is 11.4. The Hall–Kier alpha value is -2.71. The summed E-state index contributed by atoms with van der Waals surface area (Å²) in [6, 6.07) is 16.1. The number of nitrogens with one attached hydrogen (secondary N) is 1.